The Morgan fingerprint density at radius 2 is 1.71 bits per heavy atom. The van der Waals surface area contributed by atoms with Crippen LogP contribution < -0.4 is 11.1 Å². The van der Waals surface area contributed by atoms with Crippen LogP contribution in [0.5, 0.6) is 0 Å². The molecule has 0 amide bonds. The van der Waals surface area contributed by atoms with Gasteiger partial charge in [0, 0.05) is 23.4 Å². The summed E-state index contributed by atoms with van der Waals surface area (Å²) in [4.78, 5) is 10.2. The number of anilines is 3. The molecule has 5 rings (SSSR count). The number of nitrogen functional groups attached to an aromatic ring is 1. The fourth-order valence-electron chi connectivity index (χ4n) is 5.99. The highest BCUT2D eigenvalue weighted by Gasteiger charge is 2.40. The Balaban J connectivity index is 1.45. The number of nitrogens with one attached hydrogen (secondary N) is 2. The first-order valence-electron chi connectivity index (χ1n) is 13.2. The summed E-state index contributed by atoms with van der Waals surface area (Å²) < 4.78 is 58.5. The number of H-pyrrole nitrogens is 1. The van der Waals surface area contributed by atoms with Crippen LogP contribution in [0.25, 0.3) is 11.3 Å². The molecule has 4 N–H and O–H groups in total. The van der Waals surface area contributed by atoms with Crippen LogP contribution in [0.4, 0.5) is 35.1 Å². The Kier molecular flexibility index (Phi) is 7.30. The van der Waals surface area contributed by atoms with Gasteiger partial charge in [0.25, 0.3) is 0 Å². The zero-order valence-corrected chi connectivity index (χ0v) is 21.6. The number of rotatable bonds is 5. The van der Waals surface area contributed by atoms with Crippen LogP contribution >= 0.6 is 0 Å². The molecular formula is C27H33F4N7. The summed E-state index contributed by atoms with van der Waals surface area (Å²) in [5, 5.41) is 9.13. The summed E-state index contributed by atoms with van der Waals surface area (Å²) in [6.45, 7) is 5.83. The van der Waals surface area contributed by atoms with Crippen molar-refractivity contribution in [2.24, 2.45) is 0 Å². The standard InChI is InChI=1S/C27H33F4N7/c1-15-12-20(21(28)14-19(15)17-6-8-18(9-7-17)38-10-4-3-5-11-38)24-23(27(29,30)31)25(35-26(32)34-24)33-22-13-16(2)36-37-22/h12-14,17-18H,3-11H2,1-2H3,(H4,32,33,34,35,36,37)/t17-,18+. The van der Waals surface area contributed by atoms with E-state index < -0.39 is 35.0 Å². The molecule has 7 nitrogen and oxygen atoms in total. The molecule has 2 aliphatic rings. The van der Waals surface area contributed by atoms with Crippen molar-refractivity contribution in [2.45, 2.75) is 76.9 Å². The van der Waals surface area contributed by atoms with Crippen LogP contribution in [0.3, 0.4) is 0 Å². The molecule has 1 saturated heterocycles. The van der Waals surface area contributed by atoms with Gasteiger partial charge in [-0.05, 0) is 94.6 Å². The van der Waals surface area contributed by atoms with Crippen molar-refractivity contribution < 1.29 is 17.6 Å². The van der Waals surface area contributed by atoms with Gasteiger partial charge in [-0.1, -0.05) is 6.42 Å². The van der Waals surface area contributed by atoms with Crippen LogP contribution in [-0.2, 0) is 6.18 Å². The smallest absolute Gasteiger partial charge is 0.368 e. The maximum Gasteiger partial charge on any atom is 0.422 e. The molecule has 204 valence electrons. The van der Waals surface area contributed by atoms with Crippen LogP contribution in [0.15, 0.2) is 18.2 Å². The van der Waals surface area contributed by atoms with Gasteiger partial charge in [-0.25, -0.2) is 9.37 Å². The number of hydrogen-bond acceptors (Lipinski definition) is 6. The first-order chi connectivity index (χ1) is 18.1. The average Bonchev–Trinajstić information content (AvgIpc) is 3.29. The highest BCUT2D eigenvalue weighted by molar-refractivity contribution is 5.74. The monoisotopic (exact) mass is 531 g/mol. The number of likely N-dealkylation sites (tertiary alicyclic amines) is 1. The number of nitrogens with zero attached hydrogens (tertiary/aromatic N) is 4. The van der Waals surface area contributed by atoms with Gasteiger partial charge in [-0.2, -0.15) is 23.3 Å². The van der Waals surface area contributed by atoms with Gasteiger partial charge in [0.1, 0.15) is 17.2 Å². The minimum absolute atomic E-state index is 0.129. The van der Waals surface area contributed by atoms with Crippen molar-refractivity contribution in [3.8, 4) is 11.3 Å². The summed E-state index contributed by atoms with van der Waals surface area (Å²) in [6.07, 6.45) is 2.90. The van der Waals surface area contributed by atoms with Gasteiger partial charge in [-0.3, -0.25) is 5.10 Å². The number of halogens is 4. The van der Waals surface area contributed by atoms with Crippen molar-refractivity contribution in [1.29, 1.82) is 0 Å². The summed E-state index contributed by atoms with van der Waals surface area (Å²) in [5.41, 5.74) is 5.99. The van der Waals surface area contributed by atoms with Crippen molar-refractivity contribution >= 4 is 17.6 Å². The number of nitrogens with two attached hydrogens (primary N) is 1. The van der Waals surface area contributed by atoms with E-state index >= 15 is 4.39 Å². The maximum absolute atomic E-state index is 15.6. The second-order valence-corrected chi connectivity index (χ2v) is 10.5. The molecule has 0 spiro atoms. The third-order valence-electron chi connectivity index (χ3n) is 7.82. The number of aromatic nitrogens is 4. The van der Waals surface area contributed by atoms with Crippen molar-refractivity contribution in [3.63, 3.8) is 0 Å². The number of hydrogen-bond donors (Lipinski definition) is 3. The molecule has 2 aromatic heterocycles. The molecule has 0 radical (unpaired) electrons. The van der Waals surface area contributed by atoms with Crippen LogP contribution in [0.2, 0.25) is 0 Å². The molecule has 3 aromatic rings. The summed E-state index contributed by atoms with van der Waals surface area (Å²) in [6, 6.07) is 4.94. The second-order valence-electron chi connectivity index (χ2n) is 10.5. The van der Waals surface area contributed by atoms with Gasteiger partial charge in [0.15, 0.2) is 5.82 Å². The third-order valence-corrected chi connectivity index (χ3v) is 7.82. The zero-order valence-electron chi connectivity index (χ0n) is 21.6. The fraction of sp³-hybridized carbons (Fsp3) is 0.519. The minimum Gasteiger partial charge on any atom is -0.368 e. The highest BCUT2D eigenvalue weighted by atomic mass is 19.4. The molecule has 1 aromatic carbocycles. The SMILES string of the molecule is Cc1cc(Nc2nc(N)nc(-c3cc(C)c([C@H]4CC[C@@H](N5CCCCC5)CC4)cc3F)c2C(F)(F)F)n[nH]1. The van der Waals surface area contributed by atoms with Gasteiger partial charge >= 0.3 is 6.18 Å². The Labute approximate surface area is 219 Å². The van der Waals surface area contributed by atoms with E-state index in [2.05, 4.69) is 30.4 Å². The highest BCUT2D eigenvalue weighted by Crippen LogP contribution is 2.44. The van der Waals surface area contributed by atoms with Gasteiger partial charge < -0.3 is 16.0 Å². The van der Waals surface area contributed by atoms with E-state index in [4.69, 9.17) is 5.73 Å². The van der Waals surface area contributed by atoms with Crippen LogP contribution in [0, 0.1) is 19.7 Å². The molecule has 2 fully saturated rings. The Hall–Kier alpha value is -3.21. The van der Waals surface area contributed by atoms with E-state index in [-0.39, 0.29) is 17.3 Å². The quantitative estimate of drug-likeness (QED) is 0.326. The van der Waals surface area contributed by atoms with E-state index in [1.54, 1.807) is 6.92 Å². The average molecular weight is 532 g/mol. The van der Waals surface area contributed by atoms with E-state index in [0.717, 1.165) is 49.9 Å². The van der Waals surface area contributed by atoms with E-state index in [1.807, 2.05) is 6.92 Å². The Bertz CT molecular complexity index is 1290. The lowest BCUT2D eigenvalue weighted by Crippen LogP contribution is -2.41. The lowest BCUT2D eigenvalue weighted by Gasteiger charge is -2.39. The molecule has 0 unspecified atom stereocenters. The molecule has 0 atom stereocenters. The van der Waals surface area contributed by atoms with Gasteiger partial charge in [-0.15, -0.1) is 0 Å². The van der Waals surface area contributed by atoms with E-state index in [1.165, 1.54) is 37.5 Å². The maximum atomic E-state index is 15.6. The first kappa shape index (κ1) is 26.4. The largest absolute Gasteiger partial charge is 0.422 e. The third kappa shape index (κ3) is 5.48. The van der Waals surface area contributed by atoms with Gasteiger partial charge in [0.05, 0.1) is 5.69 Å². The van der Waals surface area contributed by atoms with Crippen molar-refractivity contribution in [1.82, 2.24) is 25.1 Å². The zero-order chi connectivity index (χ0) is 27.0. The summed E-state index contributed by atoms with van der Waals surface area (Å²) >= 11 is 0. The van der Waals surface area contributed by atoms with Crippen molar-refractivity contribution in [3.05, 3.63) is 46.4 Å². The fourth-order valence-corrected chi connectivity index (χ4v) is 5.99. The minimum atomic E-state index is -4.87. The topological polar surface area (TPSA) is 95.8 Å². The molecule has 1 aliphatic carbocycles. The lowest BCUT2D eigenvalue weighted by molar-refractivity contribution is -0.136. The number of alkyl halides is 3. The van der Waals surface area contributed by atoms with E-state index in [9.17, 15) is 13.2 Å². The molecule has 1 aliphatic heterocycles. The predicted molar refractivity (Wildman–Crippen MR) is 139 cm³/mol. The molecule has 3 heterocycles. The Morgan fingerprint density at radius 3 is 2.34 bits per heavy atom. The summed E-state index contributed by atoms with van der Waals surface area (Å²) in [5.74, 6) is -1.43. The number of aromatic amines is 1. The number of piperidine rings is 1. The second kappa shape index (κ2) is 10.5. The summed E-state index contributed by atoms with van der Waals surface area (Å²) in [7, 11) is 0. The molecule has 0 bridgehead atoms. The predicted octanol–water partition coefficient (Wildman–Crippen LogP) is 6.48. The molecule has 11 heteroatoms. The Morgan fingerprint density at radius 1 is 1.00 bits per heavy atom. The normalized spacial score (nSPS) is 21.0. The van der Waals surface area contributed by atoms with E-state index in [0.29, 0.717) is 11.7 Å². The van der Waals surface area contributed by atoms with Crippen molar-refractivity contribution in [2.75, 3.05) is 24.1 Å². The lowest BCUT2D eigenvalue weighted by atomic mass is 9.79. The molecule has 38 heavy (non-hydrogen) atoms. The number of benzene rings is 1. The first-order valence-corrected chi connectivity index (χ1v) is 13.2. The van der Waals surface area contributed by atoms with Crippen LogP contribution in [-0.4, -0.2) is 44.2 Å². The molecule has 1 saturated carbocycles. The molecular weight excluding hydrogens is 498 g/mol. The number of aryl methyl sites for hydroxylation is 2. The van der Waals surface area contributed by atoms with Crippen LogP contribution in [0.1, 0.15) is 73.2 Å². The van der Waals surface area contributed by atoms with Gasteiger partial charge in [0.2, 0.25) is 5.95 Å².